The van der Waals surface area contributed by atoms with Crippen LogP contribution in [-0.4, -0.2) is 93.6 Å². The van der Waals surface area contributed by atoms with E-state index < -0.39 is 24.4 Å². The zero-order valence-corrected chi connectivity index (χ0v) is 19.6. The number of aliphatic carboxylic acids is 2. The van der Waals surface area contributed by atoms with Crippen LogP contribution in [-0.2, 0) is 33.3 Å². The lowest BCUT2D eigenvalue weighted by Gasteiger charge is -2.14. The summed E-state index contributed by atoms with van der Waals surface area (Å²) >= 11 is 0. The highest BCUT2D eigenvalue weighted by atomic mass is 35.5. The summed E-state index contributed by atoms with van der Waals surface area (Å²) in [6.45, 7) is 3.60. The van der Waals surface area contributed by atoms with E-state index in [4.69, 9.17) is 40.6 Å². The molecular weight excluding hydrogens is 461 g/mol. The van der Waals surface area contributed by atoms with Crippen LogP contribution in [0.2, 0.25) is 0 Å². The van der Waals surface area contributed by atoms with E-state index in [1.165, 1.54) is 0 Å². The molecule has 0 heterocycles. The largest absolute Gasteiger partial charge is 0.481 e. The predicted octanol–water partition coefficient (Wildman–Crippen LogP) is -0.400. The fourth-order valence-corrected chi connectivity index (χ4v) is 1.65. The highest BCUT2D eigenvalue weighted by Gasteiger charge is 2.03. The molecule has 0 radical (unpaired) electrons. The van der Waals surface area contributed by atoms with Crippen LogP contribution in [0.5, 0.6) is 0 Å². The molecule has 0 fully saturated rings. The molecule has 0 amide bonds. The Kier molecular flexibility index (Phi) is 32.4. The van der Waals surface area contributed by atoms with Crippen molar-refractivity contribution in [3.8, 4) is 0 Å². The summed E-state index contributed by atoms with van der Waals surface area (Å²) in [6.07, 6.45) is -0.743. The third-order valence-electron chi connectivity index (χ3n) is 2.92. The Labute approximate surface area is 195 Å². The molecular formula is C17H37Cl2N3O9. The van der Waals surface area contributed by atoms with E-state index in [-0.39, 0.29) is 63.1 Å². The van der Waals surface area contributed by atoms with Gasteiger partial charge in [-0.1, -0.05) is 0 Å². The number of carboxylic acid groups (broad SMARTS) is 2. The molecule has 0 aliphatic rings. The zero-order chi connectivity index (χ0) is 22.5. The number of halogens is 2. The molecule has 0 aromatic heterocycles. The maximum absolute atomic E-state index is 10.6. The molecule has 0 aliphatic carbocycles. The lowest BCUT2D eigenvalue weighted by Crippen LogP contribution is -2.35. The summed E-state index contributed by atoms with van der Waals surface area (Å²) in [5, 5.41) is 19.5. The second kappa shape index (κ2) is 26.9. The van der Waals surface area contributed by atoms with Crippen molar-refractivity contribution >= 4 is 42.5 Å². The Balaban J connectivity index is -0.000000282. The van der Waals surface area contributed by atoms with E-state index in [0.717, 1.165) is 0 Å². The standard InChI is InChI=1S/C12H22O8.C5H13N3O.2ClH/c1-10(19-8-6-17-4-2-11(13)14)20-9-7-18-5-3-12(15)16;1-8-3-4(9)2-5(6)7;;/h10H,2-9H2,1H3,(H,13,14)(H,15,16);5,8H,2-3,6-7H2,1H3;2*1H. The normalized spacial score (nSPS) is 10.0. The summed E-state index contributed by atoms with van der Waals surface area (Å²) in [5.41, 5.74) is 10.3. The number of Topliss-reactive ketones (excluding diaryl/α,β-unsaturated/α-hetero) is 1. The summed E-state index contributed by atoms with van der Waals surface area (Å²) in [6, 6.07) is 0. The fraction of sp³-hybridized carbons (Fsp3) is 0.824. The van der Waals surface area contributed by atoms with Gasteiger partial charge in [-0.05, 0) is 14.0 Å². The Hall–Kier alpha value is -1.09. The average molecular weight is 498 g/mol. The Morgan fingerprint density at radius 1 is 0.839 bits per heavy atom. The van der Waals surface area contributed by atoms with Gasteiger partial charge in [0.1, 0.15) is 5.78 Å². The monoisotopic (exact) mass is 497 g/mol. The second-order valence-electron chi connectivity index (χ2n) is 5.76. The van der Waals surface area contributed by atoms with E-state index in [1.54, 1.807) is 14.0 Å². The molecule has 31 heavy (non-hydrogen) atoms. The van der Waals surface area contributed by atoms with Crippen molar-refractivity contribution in [1.29, 1.82) is 0 Å². The number of carboxylic acids is 2. The first kappa shape index (κ1) is 37.2. The summed E-state index contributed by atoms with van der Waals surface area (Å²) < 4.78 is 20.6. The number of ketones is 1. The molecule has 0 rings (SSSR count). The second-order valence-corrected chi connectivity index (χ2v) is 5.76. The first-order chi connectivity index (χ1) is 13.7. The Bertz CT molecular complexity index is 421. The summed E-state index contributed by atoms with van der Waals surface area (Å²) in [7, 11) is 1.71. The number of carbonyl (C=O) groups is 3. The number of hydrogen-bond donors (Lipinski definition) is 5. The molecule has 0 aromatic carbocycles. The lowest BCUT2D eigenvalue weighted by atomic mass is 10.2. The van der Waals surface area contributed by atoms with Crippen molar-refractivity contribution < 1.29 is 43.5 Å². The van der Waals surface area contributed by atoms with Crippen LogP contribution in [0.1, 0.15) is 26.2 Å². The molecule has 0 spiro atoms. The molecule has 0 saturated carbocycles. The van der Waals surface area contributed by atoms with Crippen molar-refractivity contribution in [3.05, 3.63) is 0 Å². The minimum Gasteiger partial charge on any atom is -0.481 e. The summed E-state index contributed by atoms with van der Waals surface area (Å²) in [4.78, 5) is 31.0. The number of nitrogens with two attached hydrogens (primary N) is 2. The third kappa shape index (κ3) is 36.6. The van der Waals surface area contributed by atoms with Crippen LogP contribution in [0.25, 0.3) is 0 Å². The molecule has 0 aliphatic heterocycles. The number of rotatable bonds is 18. The van der Waals surface area contributed by atoms with Gasteiger partial charge in [0.25, 0.3) is 0 Å². The first-order valence-electron chi connectivity index (χ1n) is 9.18. The van der Waals surface area contributed by atoms with Gasteiger partial charge in [-0.15, -0.1) is 24.8 Å². The number of hydrogen-bond acceptors (Lipinski definition) is 10. The van der Waals surface area contributed by atoms with Crippen molar-refractivity contribution in [2.75, 3.05) is 53.2 Å². The zero-order valence-electron chi connectivity index (χ0n) is 17.9. The number of carbonyl (C=O) groups excluding carboxylic acids is 1. The van der Waals surface area contributed by atoms with E-state index in [2.05, 4.69) is 5.32 Å². The molecule has 0 unspecified atom stereocenters. The lowest BCUT2D eigenvalue weighted by molar-refractivity contribution is -0.150. The minimum absolute atomic E-state index is 0. The smallest absolute Gasteiger partial charge is 0.305 e. The van der Waals surface area contributed by atoms with E-state index in [1.807, 2.05) is 0 Å². The van der Waals surface area contributed by atoms with Gasteiger partial charge in [0, 0.05) is 6.42 Å². The van der Waals surface area contributed by atoms with Gasteiger partial charge < -0.3 is 45.9 Å². The molecule has 14 heteroatoms. The van der Waals surface area contributed by atoms with E-state index in [0.29, 0.717) is 33.0 Å². The number of ether oxygens (including phenoxy) is 4. The van der Waals surface area contributed by atoms with Crippen LogP contribution in [0, 0.1) is 0 Å². The Morgan fingerprint density at radius 2 is 1.26 bits per heavy atom. The van der Waals surface area contributed by atoms with Gasteiger partial charge in [0.15, 0.2) is 6.29 Å². The van der Waals surface area contributed by atoms with Crippen molar-refractivity contribution in [1.82, 2.24) is 5.32 Å². The minimum atomic E-state index is -0.898. The molecule has 12 nitrogen and oxygen atoms in total. The number of likely N-dealkylation sites (N-methyl/N-ethyl adjacent to an activating group) is 1. The van der Waals surface area contributed by atoms with Gasteiger partial charge >= 0.3 is 11.9 Å². The fourth-order valence-electron chi connectivity index (χ4n) is 1.65. The first-order valence-corrected chi connectivity index (χ1v) is 9.18. The third-order valence-corrected chi connectivity index (χ3v) is 2.92. The van der Waals surface area contributed by atoms with Crippen molar-refractivity contribution in [2.24, 2.45) is 11.5 Å². The van der Waals surface area contributed by atoms with Gasteiger partial charge in [-0.25, -0.2) is 0 Å². The van der Waals surface area contributed by atoms with E-state index in [9.17, 15) is 14.4 Å². The van der Waals surface area contributed by atoms with Crippen LogP contribution < -0.4 is 16.8 Å². The van der Waals surface area contributed by atoms with Crippen LogP contribution in [0.3, 0.4) is 0 Å². The predicted molar refractivity (Wildman–Crippen MR) is 118 cm³/mol. The van der Waals surface area contributed by atoms with Gasteiger partial charge in [-0.2, -0.15) is 0 Å². The van der Waals surface area contributed by atoms with Crippen LogP contribution in [0.15, 0.2) is 0 Å². The van der Waals surface area contributed by atoms with Crippen molar-refractivity contribution in [3.63, 3.8) is 0 Å². The molecule has 188 valence electrons. The summed E-state index contributed by atoms with van der Waals surface area (Å²) in [5.74, 6) is -1.75. The van der Waals surface area contributed by atoms with Crippen molar-refractivity contribution in [2.45, 2.75) is 38.6 Å². The van der Waals surface area contributed by atoms with Crippen LogP contribution in [0.4, 0.5) is 0 Å². The maximum Gasteiger partial charge on any atom is 0.305 e. The van der Waals surface area contributed by atoms with E-state index >= 15 is 0 Å². The quantitative estimate of drug-likeness (QED) is 0.121. The number of nitrogens with one attached hydrogen (secondary N) is 1. The highest BCUT2D eigenvalue weighted by Crippen LogP contribution is 1.94. The average Bonchev–Trinajstić information content (AvgIpc) is 2.60. The molecule has 0 atom stereocenters. The molecule has 0 bridgehead atoms. The topological polar surface area (TPSA) is 193 Å². The highest BCUT2D eigenvalue weighted by molar-refractivity contribution is 5.85. The maximum atomic E-state index is 10.6. The molecule has 0 saturated heterocycles. The SMILES string of the molecule is CC(OCCOCCC(=O)O)OCCOCCC(=O)O.CNCC(=O)CC(N)N.Cl.Cl. The van der Waals surface area contributed by atoms with Gasteiger partial charge in [0.2, 0.25) is 0 Å². The molecule has 7 N–H and O–H groups in total. The van der Waals surface area contributed by atoms with Crippen LogP contribution >= 0.6 is 24.8 Å². The van der Waals surface area contributed by atoms with Gasteiger partial charge in [0.05, 0.1) is 65.2 Å². The Morgan fingerprint density at radius 3 is 1.58 bits per heavy atom. The van der Waals surface area contributed by atoms with Gasteiger partial charge in [-0.3, -0.25) is 14.4 Å². The molecule has 0 aromatic rings.